The highest BCUT2D eigenvalue weighted by Gasteiger charge is 2.34. The molecule has 0 bridgehead atoms. The predicted molar refractivity (Wildman–Crippen MR) is 137 cm³/mol. The van der Waals surface area contributed by atoms with Gasteiger partial charge >= 0.3 is 0 Å². The molecule has 182 valence electrons. The lowest BCUT2D eigenvalue weighted by Gasteiger charge is -2.36. The molecule has 1 fully saturated rings. The zero-order valence-corrected chi connectivity index (χ0v) is 21.2. The molecule has 0 aromatic heterocycles. The lowest BCUT2D eigenvalue weighted by Crippen LogP contribution is -2.42. The second-order valence-corrected chi connectivity index (χ2v) is 9.64. The molecule has 34 heavy (non-hydrogen) atoms. The minimum absolute atomic E-state index is 0.0592. The Hall–Kier alpha value is -2.86. The Labute approximate surface area is 203 Å². The summed E-state index contributed by atoms with van der Waals surface area (Å²) < 4.78 is 11.6. The van der Waals surface area contributed by atoms with E-state index in [1.807, 2.05) is 36.1 Å². The van der Waals surface area contributed by atoms with E-state index in [2.05, 4.69) is 45.1 Å². The van der Waals surface area contributed by atoms with Crippen LogP contribution >= 0.6 is 0 Å². The molecule has 2 heterocycles. The van der Waals surface area contributed by atoms with E-state index in [9.17, 15) is 4.79 Å². The number of nitrogens with zero attached hydrogens (tertiary/aromatic N) is 2. The summed E-state index contributed by atoms with van der Waals surface area (Å²) in [6, 6.07) is 12.6. The van der Waals surface area contributed by atoms with Crippen molar-refractivity contribution in [3.63, 3.8) is 0 Å². The molecular formula is C28H37N3O3. The van der Waals surface area contributed by atoms with Gasteiger partial charge in [0.05, 0.1) is 25.5 Å². The fraction of sp³-hybridized carbons (Fsp3) is 0.500. The van der Waals surface area contributed by atoms with E-state index >= 15 is 0 Å². The van der Waals surface area contributed by atoms with Crippen LogP contribution in [0.3, 0.4) is 0 Å². The van der Waals surface area contributed by atoms with Crippen molar-refractivity contribution in [3.05, 3.63) is 58.7 Å². The number of fused-ring (bicyclic) bond motifs is 3. The third kappa shape index (κ3) is 4.56. The second kappa shape index (κ2) is 10.2. The largest absolute Gasteiger partial charge is 0.493 e. The third-order valence-electron chi connectivity index (χ3n) is 6.78. The van der Waals surface area contributed by atoms with Crippen molar-refractivity contribution in [1.29, 1.82) is 0 Å². The fourth-order valence-corrected chi connectivity index (χ4v) is 5.28. The van der Waals surface area contributed by atoms with Crippen molar-refractivity contribution >= 4 is 11.6 Å². The first-order valence-corrected chi connectivity index (χ1v) is 12.4. The average molecular weight is 464 g/mol. The molecule has 0 spiro atoms. The normalized spacial score (nSPS) is 19.4. The molecule has 6 heteroatoms. The van der Waals surface area contributed by atoms with Gasteiger partial charge in [-0.25, -0.2) is 0 Å². The summed E-state index contributed by atoms with van der Waals surface area (Å²) in [6.45, 7) is 12.7. The van der Waals surface area contributed by atoms with Crippen LogP contribution < -0.4 is 14.8 Å². The van der Waals surface area contributed by atoms with E-state index in [4.69, 9.17) is 14.5 Å². The number of carbonyl (C=O) groups is 1. The van der Waals surface area contributed by atoms with Crippen molar-refractivity contribution in [2.75, 3.05) is 26.8 Å². The molecule has 2 aliphatic heterocycles. The van der Waals surface area contributed by atoms with Crippen molar-refractivity contribution in [3.8, 4) is 11.5 Å². The van der Waals surface area contributed by atoms with Crippen LogP contribution in [0, 0.1) is 0 Å². The summed E-state index contributed by atoms with van der Waals surface area (Å²) in [7, 11) is 1.67. The molecule has 4 rings (SSSR count). The molecule has 0 radical (unpaired) electrons. The third-order valence-corrected chi connectivity index (χ3v) is 6.78. The van der Waals surface area contributed by atoms with Gasteiger partial charge in [0.15, 0.2) is 11.5 Å². The van der Waals surface area contributed by atoms with Crippen LogP contribution in [0.4, 0.5) is 0 Å². The number of hydrogen-bond acceptors (Lipinski definition) is 5. The monoisotopic (exact) mass is 463 g/mol. The van der Waals surface area contributed by atoms with Crippen LogP contribution in [0.25, 0.3) is 0 Å². The number of benzene rings is 2. The molecule has 0 aliphatic carbocycles. The maximum absolute atomic E-state index is 13.1. The molecule has 2 atom stereocenters. The molecule has 0 unspecified atom stereocenters. The Kier molecular flexibility index (Phi) is 7.27. The number of methoxy groups -OCH3 is 1. The van der Waals surface area contributed by atoms with E-state index in [1.165, 1.54) is 5.56 Å². The van der Waals surface area contributed by atoms with Crippen LogP contribution in [0.2, 0.25) is 0 Å². The average Bonchev–Trinajstić information content (AvgIpc) is 2.83. The minimum Gasteiger partial charge on any atom is -0.493 e. The fourth-order valence-electron chi connectivity index (χ4n) is 5.28. The van der Waals surface area contributed by atoms with Gasteiger partial charge in [0, 0.05) is 41.2 Å². The lowest BCUT2D eigenvalue weighted by atomic mass is 9.79. The van der Waals surface area contributed by atoms with Crippen molar-refractivity contribution in [2.45, 2.75) is 65.1 Å². The summed E-state index contributed by atoms with van der Waals surface area (Å²) in [6.07, 6.45) is 0.998. The second-order valence-electron chi connectivity index (χ2n) is 9.64. The molecular weight excluding hydrogens is 426 g/mol. The molecule has 2 aromatic rings. The van der Waals surface area contributed by atoms with Crippen LogP contribution in [-0.4, -0.2) is 61.5 Å². The Balaban J connectivity index is 1.74. The van der Waals surface area contributed by atoms with Crippen LogP contribution in [-0.2, 0) is 0 Å². The highest BCUT2D eigenvalue weighted by atomic mass is 16.5. The highest BCUT2D eigenvalue weighted by molar-refractivity contribution is 6.15. The van der Waals surface area contributed by atoms with Gasteiger partial charge in [-0.2, -0.15) is 0 Å². The van der Waals surface area contributed by atoms with Crippen molar-refractivity contribution < 1.29 is 14.3 Å². The Bertz CT molecular complexity index is 1050. The first-order valence-electron chi connectivity index (χ1n) is 12.4. The van der Waals surface area contributed by atoms with Gasteiger partial charge < -0.3 is 19.7 Å². The van der Waals surface area contributed by atoms with Gasteiger partial charge in [0.1, 0.15) is 0 Å². The van der Waals surface area contributed by atoms with Gasteiger partial charge in [-0.15, -0.1) is 0 Å². The first kappa shape index (κ1) is 24.3. The van der Waals surface area contributed by atoms with E-state index < -0.39 is 0 Å². The molecule has 1 amide bonds. The standard InChI is InChI=1S/C28H37N3O3/c1-7-34-26-14-21-22(15-25(26)33-6)27(30-24-12-13-29-16-23(21)24)19-8-10-20(11-9-19)28(32)31(17(2)3)18(4)5/h8-11,14-15,17-18,23-24,29H,7,12-13,16H2,1-6H3/t23-,24-/m1/s1. The first-order chi connectivity index (χ1) is 16.3. The number of amides is 1. The van der Waals surface area contributed by atoms with E-state index in [1.54, 1.807) is 7.11 Å². The number of carbonyl (C=O) groups excluding carboxylic acids is 1. The number of ether oxygens (including phenoxy) is 2. The van der Waals surface area contributed by atoms with Crippen LogP contribution in [0.1, 0.15) is 74.0 Å². The smallest absolute Gasteiger partial charge is 0.254 e. The lowest BCUT2D eigenvalue weighted by molar-refractivity contribution is 0.0643. The highest BCUT2D eigenvalue weighted by Crippen LogP contribution is 2.41. The van der Waals surface area contributed by atoms with Crippen LogP contribution in [0.5, 0.6) is 11.5 Å². The Morgan fingerprint density at radius 1 is 1.12 bits per heavy atom. The van der Waals surface area contributed by atoms with E-state index in [0.29, 0.717) is 23.8 Å². The summed E-state index contributed by atoms with van der Waals surface area (Å²) in [5, 5.41) is 3.52. The van der Waals surface area contributed by atoms with E-state index in [0.717, 1.165) is 42.1 Å². The Morgan fingerprint density at radius 2 is 1.82 bits per heavy atom. The number of nitrogens with one attached hydrogen (secondary N) is 1. The maximum Gasteiger partial charge on any atom is 0.254 e. The molecule has 2 aliphatic rings. The molecule has 2 aromatic carbocycles. The van der Waals surface area contributed by atoms with Gasteiger partial charge in [0.2, 0.25) is 0 Å². The summed E-state index contributed by atoms with van der Waals surface area (Å²) in [5.74, 6) is 1.86. The van der Waals surface area contributed by atoms with Gasteiger partial charge in [-0.3, -0.25) is 9.79 Å². The zero-order chi connectivity index (χ0) is 24.4. The predicted octanol–water partition coefficient (Wildman–Crippen LogP) is 4.65. The zero-order valence-electron chi connectivity index (χ0n) is 21.2. The topological polar surface area (TPSA) is 63.2 Å². The van der Waals surface area contributed by atoms with Gasteiger partial charge in [-0.1, -0.05) is 12.1 Å². The SMILES string of the molecule is CCOc1cc2c(cc1OC)C(c1ccc(C(=O)N(C(C)C)C(C)C)cc1)=N[C@@H]1CCNC[C@H]21. The quantitative estimate of drug-likeness (QED) is 0.649. The minimum atomic E-state index is 0.0592. The molecule has 1 saturated heterocycles. The summed E-state index contributed by atoms with van der Waals surface area (Å²) >= 11 is 0. The van der Waals surface area contributed by atoms with Crippen LogP contribution in [0.15, 0.2) is 41.4 Å². The molecule has 1 N–H and O–H groups in total. The van der Waals surface area contributed by atoms with E-state index in [-0.39, 0.29) is 24.0 Å². The Morgan fingerprint density at radius 3 is 2.44 bits per heavy atom. The number of hydrogen-bond donors (Lipinski definition) is 1. The molecule has 6 nitrogen and oxygen atoms in total. The van der Waals surface area contributed by atoms with Gasteiger partial charge in [0.25, 0.3) is 5.91 Å². The molecule has 0 saturated carbocycles. The summed E-state index contributed by atoms with van der Waals surface area (Å²) in [5.41, 5.74) is 5.00. The van der Waals surface area contributed by atoms with Gasteiger partial charge in [-0.05, 0) is 77.4 Å². The van der Waals surface area contributed by atoms with Crippen molar-refractivity contribution in [1.82, 2.24) is 10.2 Å². The number of rotatable bonds is 7. The number of piperidine rings is 1. The maximum atomic E-state index is 13.1. The number of aliphatic imine (C=N–C) groups is 1. The summed E-state index contributed by atoms with van der Waals surface area (Å²) in [4.78, 5) is 20.3. The van der Waals surface area contributed by atoms with Crippen molar-refractivity contribution in [2.24, 2.45) is 4.99 Å².